The van der Waals surface area contributed by atoms with Gasteiger partial charge in [0.2, 0.25) is 0 Å². The molecule has 15 heavy (non-hydrogen) atoms. The van der Waals surface area contributed by atoms with E-state index in [9.17, 15) is 0 Å². The number of benzene rings is 1. The minimum atomic E-state index is 0.480. The van der Waals surface area contributed by atoms with Crippen molar-refractivity contribution >= 4 is 15.9 Å². The van der Waals surface area contributed by atoms with Crippen LogP contribution in [0.5, 0.6) is 11.5 Å². The smallest absolute Gasteiger partial charge is 0.161 e. The molecule has 0 saturated heterocycles. The first kappa shape index (κ1) is 9.52. The molecule has 1 unspecified atom stereocenters. The fraction of sp³-hybridized carbons (Fsp3) is 0.500. The molecule has 0 aromatic heterocycles. The number of alkyl halides is 1. The van der Waals surface area contributed by atoms with Crippen molar-refractivity contribution in [2.24, 2.45) is 5.92 Å². The highest BCUT2D eigenvalue weighted by Crippen LogP contribution is 2.47. The fourth-order valence-corrected chi connectivity index (χ4v) is 2.71. The number of fused-ring (bicyclic) bond motifs is 1. The van der Waals surface area contributed by atoms with Gasteiger partial charge in [-0.1, -0.05) is 22.0 Å². The maximum Gasteiger partial charge on any atom is 0.161 e. The van der Waals surface area contributed by atoms with Crippen LogP contribution in [0, 0.1) is 5.92 Å². The van der Waals surface area contributed by atoms with Gasteiger partial charge in [-0.2, -0.15) is 0 Å². The van der Waals surface area contributed by atoms with Crippen molar-refractivity contribution in [2.75, 3.05) is 13.2 Å². The Morgan fingerprint density at radius 1 is 1.13 bits per heavy atom. The first-order valence-electron chi connectivity index (χ1n) is 5.38. The minimum Gasteiger partial charge on any atom is -0.486 e. The van der Waals surface area contributed by atoms with Gasteiger partial charge in [-0.05, 0) is 36.5 Å². The molecule has 1 saturated carbocycles. The summed E-state index contributed by atoms with van der Waals surface area (Å²) in [5, 5.41) is 0. The van der Waals surface area contributed by atoms with Gasteiger partial charge in [0.05, 0.1) is 0 Å². The van der Waals surface area contributed by atoms with E-state index in [1.54, 1.807) is 0 Å². The quantitative estimate of drug-likeness (QED) is 0.767. The summed E-state index contributed by atoms with van der Waals surface area (Å²) in [6.45, 7) is 1.32. The maximum absolute atomic E-state index is 5.57. The highest BCUT2D eigenvalue weighted by molar-refractivity contribution is 9.09. The molecule has 0 bridgehead atoms. The lowest BCUT2D eigenvalue weighted by molar-refractivity contribution is 0.171. The van der Waals surface area contributed by atoms with Crippen LogP contribution in [0.4, 0.5) is 0 Å². The van der Waals surface area contributed by atoms with Gasteiger partial charge in [0.15, 0.2) is 11.5 Å². The highest BCUT2D eigenvalue weighted by atomic mass is 79.9. The number of hydrogen-bond acceptors (Lipinski definition) is 2. The van der Waals surface area contributed by atoms with Gasteiger partial charge >= 0.3 is 0 Å². The molecule has 0 amide bonds. The molecule has 3 rings (SSSR count). The van der Waals surface area contributed by atoms with Crippen LogP contribution in [0.3, 0.4) is 0 Å². The van der Waals surface area contributed by atoms with Crippen molar-refractivity contribution in [1.82, 2.24) is 0 Å². The lowest BCUT2D eigenvalue weighted by Crippen LogP contribution is -2.15. The van der Waals surface area contributed by atoms with E-state index in [0.717, 1.165) is 17.4 Å². The van der Waals surface area contributed by atoms with E-state index in [4.69, 9.17) is 9.47 Å². The Bertz CT molecular complexity index is 374. The summed E-state index contributed by atoms with van der Waals surface area (Å²) < 4.78 is 11.1. The van der Waals surface area contributed by atoms with Gasteiger partial charge in [-0.25, -0.2) is 0 Å². The molecule has 1 aliphatic heterocycles. The number of rotatable bonds is 2. The van der Waals surface area contributed by atoms with Gasteiger partial charge in [0.1, 0.15) is 13.2 Å². The van der Waals surface area contributed by atoms with Crippen molar-refractivity contribution in [3.05, 3.63) is 23.8 Å². The van der Waals surface area contributed by atoms with Gasteiger partial charge < -0.3 is 9.47 Å². The first-order valence-corrected chi connectivity index (χ1v) is 6.30. The SMILES string of the molecule is BrC(c1ccc2c(c1)OCCO2)C1CC1. The molecular weight excluding hydrogens is 256 g/mol. The molecule has 0 radical (unpaired) electrons. The predicted octanol–water partition coefficient (Wildman–Crippen LogP) is 3.30. The zero-order valence-electron chi connectivity index (χ0n) is 8.41. The Morgan fingerprint density at radius 2 is 1.87 bits per heavy atom. The van der Waals surface area contributed by atoms with Gasteiger partial charge in [-0.3, -0.25) is 0 Å². The summed E-state index contributed by atoms with van der Waals surface area (Å²) in [4.78, 5) is 0.480. The van der Waals surface area contributed by atoms with Crippen LogP contribution in [-0.2, 0) is 0 Å². The molecule has 1 aromatic carbocycles. The molecule has 2 aliphatic rings. The Morgan fingerprint density at radius 3 is 2.60 bits per heavy atom. The van der Waals surface area contributed by atoms with Crippen molar-refractivity contribution in [3.63, 3.8) is 0 Å². The molecule has 0 N–H and O–H groups in total. The number of hydrogen-bond donors (Lipinski definition) is 0. The Hall–Kier alpha value is -0.700. The minimum absolute atomic E-state index is 0.480. The van der Waals surface area contributed by atoms with E-state index in [1.165, 1.54) is 18.4 Å². The maximum atomic E-state index is 5.57. The second-order valence-electron chi connectivity index (χ2n) is 4.14. The highest BCUT2D eigenvalue weighted by Gasteiger charge is 2.31. The molecule has 0 spiro atoms. The van der Waals surface area contributed by atoms with Crippen molar-refractivity contribution in [3.8, 4) is 11.5 Å². The Labute approximate surface area is 97.7 Å². The summed E-state index contributed by atoms with van der Waals surface area (Å²) in [6.07, 6.45) is 2.68. The van der Waals surface area contributed by atoms with Crippen LogP contribution < -0.4 is 9.47 Å². The monoisotopic (exact) mass is 268 g/mol. The molecule has 1 heterocycles. The second-order valence-corrected chi connectivity index (χ2v) is 5.13. The molecule has 3 heteroatoms. The van der Waals surface area contributed by atoms with Crippen LogP contribution in [0.15, 0.2) is 18.2 Å². The van der Waals surface area contributed by atoms with Crippen LogP contribution >= 0.6 is 15.9 Å². The summed E-state index contributed by atoms with van der Waals surface area (Å²) in [7, 11) is 0. The summed E-state index contributed by atoms with van der Waals surface area (Å²) in [5.41, 5.74) is 1.31. The summed E-state index contributed by atoms with van der Waals surface area (Å²) in [5.74, 6) is 2.58. The van der Waals surface area contributed by atoms with E-state index in [1.807, 2.05) is 6.07 Å². The van der Waals surface area contributed by atoms with Gasteiger partial charge in [0, 0.05) is 4.83 Å². The van der Waals surface area contributed by atoms with E-state index >= 15 is 0 Å². The van der Waals surface area contributed by atoms with E-state index in [0.29, 0.717) is 18.0 Å². The molecule has 80 valence electrons. The summed E-state index contributed by atoms with van der Waals surface area (Å²) >= 11 is 3.74. The second kappa shape index (κ2) is 3.71. The van der Waals surface area contributed by atoms with E-state index in [2.05, 4.69) is 28.1 Å². The van der Waals surface area contributed by atoms with E-state index in [-0.39, 0.29) is 0 Å². The van der Waals surface area contributed by atoms with Crippen molar-refractivity contribution in [1.29, 1.82) is 0 Å². The third-order valence-corrected chi connectivity index (χ3v) is 4.20. The largest absolute Gasteiger partial charge is 0.486 e. The zero-order valence-corrected chi connectivity index (χ0v) is 10.00. The Balaban J connectivity index is 1.89. The molecule has 1 aromatic rings. The normalized spacial score (nSPS) is 21.1. The molecule has 1 fully saturated rings. The molecule has 1 atom stereocenters. The average molecular weight is 269 g/mol. The Kier molecular flexibility index (Phi) is 2.35. The van der Waals surface area contributed by atoms with E-state index < -0.39 is 0 Å². The lowest BCUT2D eigenvalue weighted by Gasteiger charge is -2.20. The number of halogens is 1. The van der Waals surface area contributed by atoms with Crippen LogP contribution in [0.2, 0.25) is 0 Å². The topological polar surface area (TPSA) is 18.5 Å². The van der Waals surface area contributed by atoms with Crippen molar-refractivity contribution in [2.45, 2.75) is 17.7 Å². The number of ether oxygens (including phenoxy) is 2. The van der Waals surface area contributed by atoms with Crippen LogP contribution in [0.1, 0.15) is 23.2 Å². The predicted molar refractivity (Wildman–Crippen MR) is 61.8 cm³/mol. The third kappa shape index (κ3) is 1.85. The lowest BCUT2D eigenvalue weighted by atomic mass is 10.1. The molecule has 1 aliphatic carbocycles. The first-order chi connectivity index (χ1) is 7.34. The zero-order chi connectivity index (χ0) is 10.3. The fourth-order valence-electron chi connectivity index (χ4n) is 1.89. The van der Waals surface area contributed by atoms with Crippen LogP contribution in [0.25, 0.3) is 0 Å². The van der Waals surface area contributed by atoms with Crippen molar-refractivity contribution < 1.29 is 9.47 Å². The average Bonchev–Trinajstić information content (AvgIpc) is 3.11. The standard InChI is InChI=1S/C12H13BrO2/c13-12(8-1-2-8)9-3-4-10-11(7-9)15-6-5-14-10/h3-4,7-8,12H,1-2,5-6H2. The summed E-state index contributed by atoms with van der Waals surface area (Å²) in [6, 6.07) is 6.25. The molecule has 2 nitrogen and oxygen atoms in total. The third-order valence-electron chi connectivity index (χ3n) is 2.92. The van der Waals surface area contributed by atoms with Gasteiger partial charge in [0.25, 0.3) is 0 Å². The van der Waals surface area contributed by atoms with Gasteiger partial charge in [-0.15, -0.1) is 0 Å². The molecular formula is C12H13BrO2. The van der Waals surface area contributed by atoms with Crippen LogP contribution in [-0.4, -0.2) is 13.2 Å².